The van der Waals surface area contributed by atoms with Gasteiger partial charge in [0.15, 0.2) is 0 Å². The number of carbonyl (C=O) groups is 1. The summed E-state index contributed by atoms with van der Waals surface area (Å²) in [5.41, 5.74) is 6.48. The maximum Gasteiger partial charge on any atom is 0.377 e. The maximum absolute atomic E-state index is 11.3. The summed E-state index contributed by atoms with van der Waals surface area (Å²) in [6.07, 6.45) is 3.12. The van der Waals surface area contributed by atoms with E-state index in [-0.39, 0.29) is 11.9 Å². The van der Waals surface area contributed by atoms with Gasteiger partial charge in [-0.1, -0.05) is 6.07 Å². The Morgan fingerprint density at radius 1 is 1.50 bits per heavy atom. The molecule has 0 fully saturated rings. The average molecular weight is 247 g/mol. The van der Waals surface area contributed by atoms with Crippen LogP contribution in [0.3, 0.4) is 0 Å². The molecule has 2 rings (SSSR count). The number of nitrogens with zero attached hydrogens (tertiary/aromatic N) is 4. The highest BCUT2D eigenvalue weighted by atomic mass is 16.5. The maximum atomic E-state index is 11.3. The Balaban J connectivity index is 2.29. The van der Waals surface area contributed by atoms with E-state index in [9.17, 15) is 4.79 Å². The lowest BCUT2D eigenvalue weighted by atomic mass is 10.2. The lowest BCUT2D eigenvalue weighted by Gasteiger charge is -2.13. The van der Waals surface area contributed by atoms with E-state index < -0.39 is 5.97 Å². The molecule has 1 unspecified atom stereocenters. The van der Waals surface area contributed by atoms with Gasteiger partial charge in [-0.15, -0.1) is 5.10 Å². The number of esters is 1. The number of hydrogen-bond donors (Lipinski definition) is 1. The van der Waals surface area contributed by atoms with Crippen LogP contribution < -0.4 is 5.73 Å². The zero-order chi connectivity index (χ0) is 13.0. The summed E-state index contributed by atoms with van der Waals surface area (Å²) >= 11 is 0. The first-order valence-electron chi connectivity index (χ1n) is 5.36. The molecule has 18 heavy (non-hydrogen) atoms. The van der Waals surface area contributed by atoms with Crippen molar-refractivity contribution in [3.8, 4) is 0 Å². The van der Waals surface area contributed by atoms with Gasteiger partial charge in [0.05, 0.1) is 12.8 Å². The van der Waals surface area contributed by atoms with Crippen molar-refractivity contribution >= 4 is 5.97 Å². The van der Waals surface area contributed by atoms with Crippen molar-refractivity contribution in [2.24, 2.45) is 5.73 Å². The minimum Gasteiger partial charge on any atom is -0.463 e. The van der Waals surface area contributed by atoms with Crippen molar-refractivity contribution in [1.82, 2.24) is 19.7 Å². The smallest absolute Gasteiger partial charge is 0.377 e. The fraction of sp³-hybridized carbons (Fsp3) is 0.273. The molecule has 0 amide bonds. The van der Waals surface area contributed by atoms with Crippen molar-refractivity contribution in [1.29, 1.82) is 0 Å². The Morgan fingerprint density at radius 3 is 2.94 bits per heavy atom. The van der Waals surface area contributed by atoms with Gasteiger partial charge in [0.25, 0.3) is 5.82 Å². The van der Waals surface area contributed by atoms with Crippen molar-refractivity contribution < 1.29 is 9.53 Å². The molecule has 2 aromatic rings. The second-order valence-electron chi connectivity index (χ2n) is 3.55. The van der Waals surface area contributed by atoms with Crippen LogP contribution >= 0.6 is 0 Å². The number of carbonyl (C=O) groups excluding carboxylic acids is 1. The topological polar surface area (TPSA) is 95.9 Å². The molecule has 7 nitrogen and oxygen atoms in total. The molecule has 0 aromatic carbocycles. The Morgan fingerprint density at radius 2 is 2.33 bits per heavy atom. The quantitative estimate of drug-likeness (QED) is 0.764. The highest BCUT2D eigenvalue weighted by Crippen LogP contribution is 2.13. The number of nitrogens with two attached hydrogens (primary N) is 1. The molecule has 0 spiro atoms. The Kier molecular flexibility index (Phi) is 3.63. The minimum atomic E-state index is -0.578. The van der Waals surface area contributed by atoms with Crippen LogP contribution in [0.2, 0.25) is 0 Å². The van der Waals surface area contributed by atoms with Gasteiger partial charge in [0, 0.05) is 12.7 Å². The summed E-state index contributed by atoms with van der Waals surface area (Å²) in [5.74, 6) is -0.572. The van der Waals surface area contributed by atoms with Gasteiger partial charge >= 0.3 is 5.97 Å². The van der Waals surface area contributed by atoms with Crippen LogP contribution in [0.25, 0.3) is 0 Å². The molecular weight excluding hydrogens is 234 g/mol. The summed E-state index contributed by atoms with van der Waals surface area (Å²) in [6.45, 7) is 0.307. The van der Waals surface area contributed by atoms with Gasteiger partial charge in [0.2, 0.25) is 0 Å². The average Bonchev–Trinajstić information content (AvgIpc) is 2.89. The lowest BCUT2D eigenvalue weighted by Crippen LogP contribution is -2.22. The number of ether oxygens (including phenoxy) is 1. The minimum absolute atomic E-state index is 0.00637. The first-order chi connectivity index (χ1) is 8.76. The molecule has 7 heteroatoms. The highest BCUT2D eigenvalue weighted by Gasteiger charge is 2.18. The van der Waals surface area contributed by atoms with Crippen molar-refractivity contribution in [2.75, 3.05) is 13.7 Å². The van der Waals surface area contributed by atoms with Crippen molar-refractivity contribution in [2.45, 2.75) is 6.04 Å². The van der Waals surface area contributed by atoms with Gasteiger partial charge in [0.1, 0.15) is 12.4 Å². The summed E-state index contributed by atoms with van der Waals surface area (Å²) in [6, 6.07) is 5.27. The van der Waals surface area contributed by atoms with E-state index >= 15 is 0 Å². The second kappa shape index (κ2) is 5.37. The van der Waals surface area contributed by atoms with Crippen molar-refractivity contribution in [3.05, 3.63) is 42.2 Å². The van der Waals surface area contributed by atoms with Crippen LogP contribution in [-0.4, -0.2) is 39.4 Å². The summed E-state index contributed by atoms with van der Waals surface area (Å²) in [4.78, 5) is 19.4. The Hall–Kier alpha value is -2.28. The fourth-order valence-electron chi connectivity index (χ4n) is 1.55. The summed E-state index contributed by atoms with van der Waals surface area (Å²) in [5, 5.41) is 4.04. The highest BCUT2D eigenvalue weighted by molar-refractivity contribution is 5.84. The van der Waals surface area contributed by atoms with E-state index in [1.807, 2.05) is 18.2 Å². The van der Waals surface area contributed by atoms with Crippen LogP contribution in [0.4, 0.5) is 0 Å². The molecule has 0 bridgehead atoms. The number of methoxy groups -OCH3 is 1. The lowest BCUT2D eigenvalue weighted by molar-refractivity contribution is 0.0586. The SMILES string of the molecule is COC(=O)c1ncn(C(CN)c2ccccn2)n1. The van der Waals surface area contributed by atoms with E-state index in [0.29, 0.717) is 6.54 Å². The third-order valence-electron chi connectivity index (χ3n) is 2.45. The molecule has 2 N–H and O–H groups in total. The van der Waals surface area contributed by atoms with Gasteiger partial charge in [-0.3, -0.25) is 4.98 Å². The molecule has 2 heterocycles. The molecule has 0 saturated heterocycles. The summed E-state index contributed by atoms with van der Waals surface area (Å²) < 4.78 is 6.05. The zero-order valence-electron chi connectivity index (χ0n) is 9.85. The predicted molar refractivity (Wildman–Crippen MR) is 62.8 cm³/mol. The van der Waals surface area contributed by atoms with Crippen LogP contribution in [0.1, 0.15) is 22.4 Å². The van der Waals surface area contributed by atoms with Gasteiger partial charge < -0.3 is 10.5 Å². The molecule has 0 saturated carbocycles. The number of hydrogen-bond acceptors (Lipinski definition) is 6. The number of aromatic nitrogens is 4. The standard InChI is InChI=1S/C11H13N5O2/c1-18-11(17)10-14-7-16(15-10)9(6-12)8-4-2-3-5-13-8/h2-5,7,9H,6,12H2,1H3. The predicted octanol–water partition coefficient (Wildman–Crippen LogP) is 0.00780. The second-order valence-corrected chi connectivity index (χ2v) is 3.55. The number of pyridine rings is 1. The Bertz CT molecular complexity index is 525. The largest absolute Gasteiger partial charge is 0.463 e. The molecule has 94 valence electrons. The molecule has 1 atom stereocenters. The van der Waals surface area contributed by atoms with Crippen LogP contribution in [-0.2, 0) is 4.74 Å². The van der Waals surface area contributed by atoms with E-state index in [1.165, 1.54) is 18.1 Å². The van der Waals surface area contributed by atoms with Gasteiger partial charge in [-0.2, -0.15) is 0 Å². The molecule has 0 radical (unpaired) electrons. The fourth-order valence-corrected chi connectivity index (χ4v) is 1.55. The van der Waals surface area contributed by atoms with Gasteiger partial charge in [-0.25, -0.2) is 14.5 Å². The van der Waals surface area contributed by atoms with E-state index in [0.717, 1.165) is 5.69 Å². The summed E-state index contributed by atoms with van der Waals surface area (Å²) in [7, 11) is 1.28. The Labute approximate surface area is 104 Å². The van der Waals surface area contributed by atoms with Crippen molar-refractivity contribution in [3.63, 3.8) is 0 Å². The normalized spacial score (nSPS) is 12.1. The molecule has 2 aromatic heterocycles. The molecule has 0 aliphatic carbocycles. The van der Waals surface area contributed by atoms with E-state index in [1.54, 1.807) is 6.20 Å². The van der Waals surface area contributed by atoms with E-state index in [2.05, 4.69) is 19.8 Å². The molecule has 0 aliphatic heterocycles. The van der Waals surface area contributed by atoms with Crippen LogP contribution in [0.5, 0.6) is 0 Å². The van der Waals surface area contributed by atoms with Crippen LogP contribution in [0, 0.1) is 0 Å². The first kappa shape index (κ1) is 12.2. The number of rotatable bonds is 4. The first-order valence-corrected chi connectivity index (χ1v) is 5.36. The van der Waals surface area contributed by atoms with Gasteiger partial charge in [-0.05, 0) is 12.1 Å². The third kappa shape index (κ3) is 2.35. The zero-order valence-corrected chi connectivity index (χ0v) is 9.85. The molecule has 0 aliphatic rings. The monoisotopic (exact) mass is 247 g/mol. The van der Waals surface area contributed by atoms with E-state index in [4.69, 9.17) is 5.73 Å². The third-order valence-corrected chi connectivity index (χ3v) is 2.45. The molecular formula is C11H13N5O2. The van der Waals surface area contributed by atoms with Crippen LogP contribution in [0.15, 0.2) is 30.7 Å².